The summed E-state index contributed by atoms with van der Waals surface area (Å²) < 4.78 is 21.8. The molecular weight excluding hydrogens is 346 g/mol. The normalized spacial score (nSPS) is 16.0. The molecule has 0 fully saturated rings. The maximum Gasteiger partial charge on any atom is 0.191 e. The van der Waals surface area contributed by atoms with Crippen molar-refractivity contribution in [2.75, 3.05) is 47.1 Å². The lowest BCUT2D eigenvalue weighted by molar-refractivity contribution is 0.0698. The number of aliphatic imine (C=N–C) groups is 1. The van der Waals surface area contributed by atoms with Gasteiger partial charge >= 0.3 is 0 Å². The third-order valence-corrected chi connectivity index (χ3v) is 4.24. The lowest BCUT2D eigenvalue weighted by Gasteiger charge is -2.13. The number of nitrogens with one attached hydrogen (secondary N) is 2. The zero-order valence-electron chi connectivity index (χ0n) is 17.0. The largest absolute Gasteiger partial charge is 0.496 e. The summed E-state index contributed by atoms with van der Waals surface area (Å²) in [5.41, 5.74) is 2.22. The molecule has 0 bridgehead atoms. The number of fused-ring (bicyclic) bond motifs is 1. The van der Waals surface area contributed by atoms with E-state index in [9.17, 15) is 0 Å². The highest BCUT2D eigenvalue weighted by Crippen LogP contribution is 2.35. The Bertz CT molecular complexity index is 607. The van der Waals surface area contributed by atoms with E-state index in [4.69, 9.17) is 18.9 Å². The van der Waals surface area contributed by atoms with E-state index in [-0.39, 0.29) is 6.10 Å². The number of hydrogen-bond acceptors (Lipinski definition) is 5. The van der Waals surface area contributed by atoms with E-state index in [1.807, 2.05) is 6.07 Å². The van der Waals surface area contributed by atoms with Gasteiger partial charge in [0.25, 0.3) is 0 Å². The van der Waals surface area contributed by atoms with Gasteiger partial charge < -0.3 is 29.6 Å². The summed E-state index contributed by atoms with van der Waals surface area (Å²) in [5.74, 6) is 2.59. The summed E-state index contributed by atoms with van der Waals surface area (Å²) in [7, 11) is 3.37. The second-order valence-corrected chi connectivity index (χ2v) is 6.49. The standard InChI is InChI=1S/C20H33N3O4/c1-5-21-20(22-7-6-8-26-10-9-24-3)23-14-17-13-19-16(11-15(2)27-19)12-18(17)25-4/h12-13,15H,5-11,14H2,1-4H3,(H2,21,22,23). The van der Waals surface area contributed by atoms with Gasteiger partial charge in [0.15, 0.2) is 5.96 Å². The van der Waals surface area contributed by atoms with E-state index >= 15 is 0 Å². The predicted octanol–water partition coefficient (Wildman–Crippen LogP) is 2.13. The zero-order valence-corrected chi connectivity index (χ0v) is 17.0. The minimum absolute atomic E-state index is 0.216. The minimum Gasteiger partial charge on any atom is -0.496 e. The Morgan fingerprint density at radius 1 is 1.22 bits per heavy atom. The molecule has 27 heavy (non-hydrogen) atoms. The highest BCUT2D eigenvalue weighted by atomic mass is 16.5. The second-order valence-electron chi connectivity index (χ2n) is 6.49. The Morgan fingerprint density at radius 3 is 2.81 bits per heavy atom. The molecule has 0 spiro atoms. The summed E-state index contributed by atoms with van der Waals surface area (Å²) in [6.07, 6.45) is 2.04. The molecule has 1 atom stereocenters. The topological polar surface area (TPSA) is 73.3 Å². The molecule has 0 radical (unpaired) electrons. The predicted molar refractivity (Wildman–Crippen MR) is 107 cm³/mol. The number of hydrogen-bond donors (Lipinski definition) is 2. The highest BCUT2D eigenvalue weighted by molar-refractivity contribution is 5.79. The number of guanidine groups is 1. The molecule has 0 amide bonds. The molecule has 7 nitrogen and oxygen atoms in total. The molecule has 7 heteroatoms. The van der Waals surface area contributed by atoms with E-state index in [0.717, 1.165) is 49.0 Å². The van der Waals surface area contributed by atoms with E-state index in [2.05, 4.69) is 35.5 Å². The van der Waals surface area contributed by atoms with Crippen LogP contribution in [0.5, 0.6) is 11.5 Å². The molecule has 0 saturated carbocycles. The molecule has 152 valence electrons. The van der Waals surface area contributed by atoms with Crippen molar-refractivity contribution in [2.24, 2.45) is 4.99 Å². The lowest BCUT2D eigenvalue weighted by atomic mass is 10.1. The summed E-state index contributed by atoms with van der Waals surface area (Å²) >= 11 is 0. The minimum atomic E-state index is 0.216. The molecule has 0 aromatic heterocycles. The number of ether oxygens (including phenoxy) is 4. The molecule has 1 unspecified atom stereocenters. The van der Waals surface area contributed by atoms with Gasteiger partial charge in [-0.15, -0.1) is 0 Å². The van der Waals surface area contributed by atoms with Crippen molar-refractivity contribution in [3.8, 4) is 11.5 Å². The van der Waals surface area contributed by atoms with Gasteiger partial charge in [-0.2, -0.15) is 0 Å². The van der Waals surface area contributed by atoms with Gasteiger partial charge in [-0.25, -0.2) is 4.99 Å². The van der Waals surface area contributed by atoms with Crippen molar-refractivity contribution in [3.63, 3.8) is 0 Å². The van der Waals surface area contributed by atoms with Gasteiger partial charge in [0.2, 0.25) is 0 Å². The van der Waals surface area contributed by atoms with Gasteiger partial charge in [-0.05, 0) is 32.4 Å². The fourth-order valence-corrected chi connectivity index (χ4v) is 2.93. The fourth-order valence-electron chi connectivity index (χ4n) is 2.93. The third-order valence-electron chi connectivity index (χ3n) is 4.24. The molecule has 1 aromatic carbocycles. The van der Waals surface area contributed by atoms with Gasteiger partial charge in [-0.3, -0.25) is 0 Å². The summed E-state index contributed by atoms with van der Waals surface area (Å²) in [4.78, 5) is 4.68. The Labute approximate surface area is 162 Å². The maximum atomic E-state index is 5.86. The molecular formula is C20H33N3O4. The Morgan fingerprint density at radius 2 is 2.07 bits per heavy atom. The van der Waals surface area contributed by atoms with Crippen LogP contribution in [0, 0.1) is 0 Å². The maximum absolute atomic E-state index is 5.86. The SMILES string of the molecule is CCNC(=NCc1cc2c(cc1OC)CC(C)O2)NCCCOCCOC. The molecule has 2 rings (SSSR count). The summed E-state index contributed by atoms with van der Waals surface area (Å²) in [5, 5.41) is 6.60. The number of rotatable bonds is 11. The molecule has 1 aliphatic heterocycles. The van der Waals surface area contributed by atoms with E-state index < -0.39 is 0 Å². The van der Waals surface area contributed by atoms with Crippen molar-refractivity contribution in [1.82, 2.24) is 10.6 Å². The number of benzene rings is 1. The van der Waals surface area contributed by atoms with Crippen LogP contribution in [-0.4, -0.2) is 59.2 Å². The van der Waals surface area contributed by atoms with Crippen LogP contribution in [0.1, 0.15) is 31.4 Å². The molecule has 1 aliphatic rings. The molecule has 2 N–H and O–H groups in total. The van der Waals surface area contributed by atoms with Crippen LogP contribution in [0.25, 0.3) is 0 Å². The molecule has 0 aliphatic carbocycles. The summed E-state index contributed by atoms with van der Waals surface area (Å²) in [6, 6.07) is 4.12. The van der Waals surface area contributed by atoms with Gasteiger partial charge in [0.05, 0.1) is 26.9 Å². The van der Waals surface area contributed by atoms with E-state index in [1.54, 1.807) is 14.2 Å². The molecule has 1 heterocycles. The monoisotopic (exact) mass is 379 g/mol. The second kappa shape index (κ2) is 11.7. The van der Waals surface area contributed by atoms with Crippen molar-refractivity contribution < 1.29 is 18.9 Å². The van der Waals surface area contributed by atoms with Crippen molar-refractivity contribution in [1.29, 1.82) is 0 Å². The van der Waals surface area contributed by atoms with E-state index in [1.165, 1.54) is 5.56 Å². The average Bonchev–Trinajstić information content (AvgIpc) is 3.03. The van der Waals surface area contributed by atoms with Crippen molar-refractivity contribution in [2.45, 2.75) is 39.3 Å². The van der Waals surface area contributed by atoms with Gasteiger partial charge in [0.1, 0.15) is 17.6 Å². The quantitative estimate of drug-likeness (QED) is 0.349. The van der Waals surface area contributed by atoms with Crippen LogP contribution in [0.4, 0.5) is 0 Å². The Balaban J connectivity index is 1.89. The van der Waals surface area contributed by atoms with Crippen LogP contribution >= 0.6 is 0 Å². The highest BCUT2D eigenvalue weighted by Gasteiger charge is 2.21. The fraction of sp³-hybridized carbons (Fsp3) is 0.650. The summed E-state index contributed by atoms with van der Waals surface area (Å²) in [6.45, 7) is 8.20. The Hall–Kier alpha value is -1.99. The smallest absolute Gasteiger partial charge is 0.191 e. The Kier molecular flexibility index (Phi) is 9.21. The first-order valence-electron chi connectivity index (χ1n) is 9.63. The van der Waals surface area contributed by atoms with E-state index in [0.29, 0.717) is 26.4 Å². The first kappa shape index (κ1) is 21.3. The van der Waals surface area contributed by atoms with Crippen LogP contribution in [0.3, 0.4) is 0 Å². The lowest BCUT2D eigenvalue weighted by Crippen LogP contribution is -2.38. The first-order valence-corrected chi connectivity index (χ1v) is 9.63. The van der Waals surface area contributed by atoms with Crippen molar-refractivity contribution >= 4 is 5.96 Å². The van der Waals surface area contributed by atoms with Gasteiger partial charge in [-0.1, -0.05) is 0 Å². The number of nitrogens with zero attached hydrogens (tertiary/aromatic N) is 1. The van der Waals surface area contributed by atoms with Crippen LogP contribution < -0.4 is 20.1 Å². The first-order chi connectivity index (χ1) is 13.2. The van der Waals surface area contributed by atoms with Gasteiger partial charge in [0, 0.05) is 44.4 Å². The van der Waals surface area contributed by atoms with Crippen LogP contribution in [0.15, 0.2) is 17.1 Å². The van der Waals surface area contributed by atoms with Crippen LogP contribution in [-0.2, 0) is 22.4 Å². The zero-order chi connectivity index (χ0) is 19.5. The molecule has 0 saturated heterocycles. The average molecular weight is 380 g/mol. The number of methoxy groups -OCH3 is 2. The third kappa shape index (κ3) is 6.92. The van der Waals surface area contributed by atoms with Crippen molar-refractivity contribution in [3.05, 3.63) is 23.3 Å². The molecule has 1 aromatic rings. The van der Waals surface area contributed by atoms with Crippen LogP contribution in [0.2, 0.25) is 0 Å².